The highest BCUT2D eigenvalue weighted by Gasteiger charge is 2.19. The van der Waals surface area contributed by atoms with Gasteiger partial charge in [0.1, 0.15) is 5.75 Å². The molecule has 0 aliphatic carbocycles. The van der Waals surface area contributed by atoms with Crippen molar-refractivity contribution in [3.63, 3.8) is 0 Å². The number of methoxy groups -OCH3 is 1. The minimum Gasteiger partial charge on any atom is -0.496 e. The van der Waals surface area contributed by atoms with E-state index in [0.29, 0.717) is 0 Å². The van der Waals surface area contributed by atoms with E-state index in [9.17, 15) is 0 Å². The van der Waals surface area contributed by atoms with E-state index < -0.39 is 0 Å². The van der Waals surface area contributed by atoms with Crippen molar-refractivity contribution in [3.8, 4) is 17.1 Å². The molecule has 0 amide bonds. The Morgan fingerprint density at radius 1 is 1.11 bits per heavy atom. The van der Waals surface area contributed by atoms with Crippen molar-refractivity contribution >= 4 is 17.8 Å². The smallest absolute Gasteiger partial charge is 0.202 e. The molecule has 1 atom stereocenters. The molecule has 0 saturated heterocycles. The van der Waals surface area contributed by atoms with Crippen LogP contribution in [0.3, 0.4) is 0 Å². The molecule has 2 heterocycles. The van der Waals surface area contributed by atoms with Crippen molar-refractivity contribution in [3.05, 3.63) is 71.0 Å². The van der Waals surface area contributed by atoms with Crippen LogP contribution in [0, 0.1) is 4.77 Å². The number of para-hydroxylation sites is 1. The van der Waals surface area contributed by atoms with Crippen molar-refractivity contribution in [2.45, 2.75) is 13.1 Å². The summed E-state index contributed by atoms with van der Waals surface area (Å²) in [7, 11) is 3.64. The summed E-state index contributed by atoms with van der Waals surface area (Å²) in [5.41, 5.74) is 3.72. The Kier molecular flexibility index (Phi) is 5.41. The molecule has 144 valence electrons. The van der Waals surface area contributed by atoms with Crippen LogP contribution >= 0.6 is 12.2 Å². The lowest BCUT2D eigenvalue weighted by molar-refractivity contribution is -0.918. The van der Waals surface area contributed by atoms with E-state index in [-0.39, 0.29) is 0 Å². The van der Waals surface area contributed by atoms with Crippen molar-refractivity contribution in [2.24, 2.45) is 7.05 Å². The van der Waals surface area contributed by atoms with Gasteiger partial charge < -0.3 is 14.2 Å². The maximum atomic E-state index is 5.66. The van der Waals surface area contributed by atoms with Gasteiger partial charge in [-0.2, -0.15) is 4.68 Å². The normalized spacial score (nSPS) is 16.6. The van der Waals surface area contributed by atoms with Gasteiger partial charge in [0.15, 0.2) is 12.5 Å². The molecule has 0 saturated carbocycles. The minimum atomic E-state index is 0.728. The number of ether oxygens (including phenoxy) is 1. The molecular weight excluding hydrogens is 368 g/mol. The lowest BCUT2D eigenvalue weighted by atomic mass is 10.00. The molecule has 6 heteroatoms. The summed E-state index contributed by atoms with van der Waals surface area (Å²) in [5, 5.41) is 4.81. The van der Waals surface area contributed by atoms with Crippen LogP contribution in [0.1, 0.15) is 12.0 Å². The van der Waals surface area contributed by atoms with Crippen LogP contribution in [0.25, 0.3) is 17.0 Å². The molecule has 0 bridgehead atoms. The standard InChI is InChI=1S/C22H24N4OS/c1-24-21(19-10-6-7-11-20(19)27-2)23-26(22(24)28)16-25-14-12-18(13-15-25)17-8-4-3-5-9-17/h3-12H,13-16H2,1-2H3/p+1. The minimum absolute atomic E-state index is 0.728. The van der Waals surface area contributed by atoms with Gasteiger partial charge >= 0.3 is 0 Å². The number of quaternary nitrogens is 1. The summed E-state index contributed by atoms with van der Waals surface area (Å²) < 4.78 is 10.1. The molecular formula is C22H25N4OS+. The van der Waals surface area contributed by atoms with Gasteiger partial charge in [0.25, 0.3) is 0 Å². The second-order valence-electron chi connectivity index (χ2n) is 7.07. The monoisotopic (exact) mass is 393 g/mol. The summed E-state index contributed by atoms with van der Waals surface area (Å²) >= 11 is 5.66. The molecule has 0 fully saturated rings. The first kappa shape index (κ1) is 18.7. The van der Waals surface area contributed by atoms with Crippen LogP contribution in [0.15, 0.2) is 60.7 Å². The lowest BCUT2D eigenvalue weighted by Gasteiger charge is -2.23. The Morgan fingerprint density at radius 3 is 2.57 bits per heavy atom. The molecule has 3 aromatic rings. The van der Waals surface area contributed by atoms with Gasteiger partial charge in [-0.1, -0.05) is 42.5 Å². The van der Waals surface area contributed by atoms with Gasteiger partial charge in [-0.3, -0.25) is 0 Å². The third-order valence-corrected chi connectivity index (χ3v) is 5.78. The summed E-state index contributed by atoms with van der Waals surface area (Å²) in [6.07, 6.45) is 3.42. The molecule has 1 aliphatic heterocycles. The predicted molar refractivity (Wildman–Crippen MR) is 114 cm³/mol. The van der Waals surface area contributed by atoms with Gasteiger partial charge in [-0.05, 0) is 41.6 Å². The third-order valence-electron chi connectivity index (χ3n) is 5.29. The highest BCUT2D eigenvalue weighted by atomic mass is 32.1. The van der Waals surface area contributed by atoms with E-state index in [1.54, 1.807) is 7.11 Å². The van der Waals surface area contributed by atoms with E-state index in [0.717, 1.165) is 48.1 Å². The Morgan fingerprint density at radius 2 is 1.86 bits per heavy atom. The highest BCUT2D eigenvalue weighted by Crippen LogP contribution is 2.28. The van der Waals surface area contributed by atoms with Crippen LogP contribution < -0.4 is 9.64 Å². The maximum absolute atomic E-state index is 5.66. The van der Waals surface area contributed by atoms with E-state index in [1.165, 1.54) is 16.0 Å². The average Bonchev–Trinajstić information content (AvgIpc) is 3.03. The second-order valence-corrected chi connectivity index (χ2v) is 7.44. The molecule has 1 N–H and O–H groups in total. The fraction of sp³-hybridized carbons (Fsp3) is 0.273. The van der Waals surface area contributed by atoms with Gasteiger partial charge in [0, 0.05) is 13.5 Å². The molecule has 28 heavy (non-hydrogen) atoms. The van der Waals surface area contributed by atoms with E-state index in [1.807, 2.05) is 40.6 Å². The number of nitrogens with one attached hydrogen (secondary N) is 1. The molecule has 5 nitrogen and oxygen atoms in total. The number of rotatable bonds is 5. The van der Waals surface area contributed by atoms with Crippen LogP contribution in [-0.4, -0.2) is 34.5 Å². The number of hydrogen-bond acceptors (Lipinski definition) is 3. The van der Waals surface area contributed by atoms with Crippen LogP contribution in [0.5, 0.6) is 5.75 Å². The molecule has 2 aromatic carbocycles. The van der Waals surface area contributed by atoms with Crippen molar-refractivity contribution in [1.82, 2.24) is 14.3 Å². The van der Waals surface area contributed by atoms with Crippen LogP contribution in [-0.2, 0) is 13.7 Å². The third kappa shape index (κ3) is 3.66. The number of hydrogen-bond donors (Lipinski definition) is 1. The average molecular weight is 394 g/mol. The number of aromatic nitrogens is 3. The first-order valence-corrected chi connectivity index (χ1v) is 9.93. The first-order valence-electron chi connectivity index (χ1n) is 9.52. The molecule has 0 spiro atoms. The summed E-state index contributed by atoms with van der Waals surface area (Å²) in [4.78, 5) is 1.46. The second kappa shape index (κ2) is 8.12. The summed E-state index contributed by atoms with van der Waals surface area (Å²) in [6, 6.07) is 18.5. The fourth-order valence-electron chi connectivity index (χ4n) is 3.71. The zero-order valence-corrected chi connectivity index (χ0v) is 17.1. The Bertz CT molecular complexity index is 1050. The topological polar surface area (TPSA) is 36.4 Å². The molecule has 1 aromatic heterocycles. The first-order chi connectivity index (χ1) is 13.7. The molecule has 1 unspecified atom stereocenters. The largest absolute Gasteiger partial charge is 0.496 e. The summed E-state index contributed by atoms with van der Waals surface area (Å²) in [6.45, 7) is 2.82. The van der Waals surface area contributed by atoms with Gasteiger partial charge in [-0.25, -0.2) is 0 Å². The zero-order chi connectivity index (χ0) is 19.5. The molecule has 4 rings (SSSR count). The van der Waals surface area contributed by atoms with E-state index >= 15 is 0 Å². The van der Waals surface area contributed by atoms with Crippen molar-refractivity contribution in [1.29, 1.82) is 0 Å². The zero-order valence-electron chi connectivity index (χ0n) is 16.3. The van der Waals surface area contributed by atoms with Gasteiger partial charge in [-0.15, -0.1) is 5.10 Å². The Labute approximate surface area is 170 Å². The van der Waals surface area contributed by atoms with Crippen LogP contribution in [0.2, 0.25) is 0 Å². The Balaban J connectivity index is 1.54. The quantitative estimate of drug-likeness (QED) is 0.677. The summed E-state index contributed by atoms with van der Waals surface area (Å²) in [5.74, 6) is 1.64. The van der Waals surface area contributed by atoms with Crippen molar-refractivity contribution in [2.75, 3.05) is 20.2 Å². The molecule has 0 radical (unpaired) electrons. The van der Waals surface area contributed by atoms with Crippen molar-refractivity contribution < 1.29 is 9.64 Å². The maximum Gasteiger partial charge on any atom is 0.202 e. The number of nitrogens with zero attached hydrogens (tertiary/aromatic N) is 3. The molecule has 1 aliphatic rings. The lowest BCUT2D eigenvalue weighted by Crippen LogP contribution is -3.11. The van der Waals surface area contributed by atoms with Gasteiger partial charge in [0.05, 0.1) is 25.8 Å². The highest BCUT2D eigenvalue weighted by molar-refractivity contribution is 7.71. The number of benzene rings is 2. The Hall–Kier alpha value is -2.70. The fourth-order valence-corrected chi connectivity index (χ4v) is 3.90. The SMILES string of the molecule is COc1ccccc1-c1nn(C[NH+]2CC=C(c3ccccc3)CC2)c(=S)n1C. The van der Waals surface area contributed by atoms with E-state index in [4.69, 9.17) is 22.1 Å². The van der Waals surface area contributed by atoms with Crippen LogP contribution in [0.4, 0.5) is 0 Å². The van der Waals surface area contributed by atoms with E-state index in [2.05, 4.69) is 36.4 Å². The van der Waals surface area contributed by atoms with Gasteiger partial charge in [0.2, 0.25) is 4.77 Å². The predicted octanol–water partition coefficient (Wildman–Crippen LogP) is 2.96.